The summed E-state index contributed by atoms with van der Waals surface area (Å²) in [5.41, 5.74) is 0.535. The number of hydrogen-bond donors (Lipinski definition) is 1. The van der Waals surface area contributed by atoms with Crippen LogP contribution in [-0.4, -0.2) is 20.6 Å². The summed E-state index contributed by atoms with van der Waals surface area (Å²) in [7, 11) is 0. The largest absolute Gasteiger partial charge is 0.481 e. The van der Waals surface area contributed by atoms with Crippen LogP contribution in [0.2, 0.25) is 0 Å². The Labute approximate surface area is 109 Å². The Hall–Kier alpha value is -1.88. The number of nitrogens with zero attached hydrogens (tertiary/aromatic N) is 2. The van der Waals surface area contributed by atoms with Crippen LogP contribution in [0.15, 0.2) is 35.4 Å². The number of carboxylic acid groups (broad SMARTS) is 1. The molecule has 1 heterocycles. The maximum atomic E-state index is 12.0. The lowest BCUT2D eigenvalue weighted by atomic mass is 10.2. The molecule has 0 atom stereocenters. The molecule has 1 aromatic carbocycles. The van der Waals surface area contributed by atoms with Crippen LogP contribution in [-0.2, 0) is 11.3 Å². The van der Waals surface area contributed by atoms with Crippen molar-refractivity contribution in [1.29, 1.82) is 0 Å². The van der Waals surface area contributed by atoms with Crippen molar-refractivity contribution in [2.45, 2.75) is 19.4 Å². The van der Waals surface area contributed by atoms with Gasteiger partial charge in [-0.2, -0.15) is 0 Å². The lowest BCUT2D eigenvalue weighted by Gasteiger charge is -2.05. The standard InChI is InChI=1S/C12H12N2O3.ClH/c15-11(16)6-3-7-14-8-13-10-5-2-1-4-9(10)12(14)17;/h1-2,4-5,8H,3,6-7H2,(H,15,16);1H. The Morgan fingerprint density at radius 3 is 2.78 bits per heavy atom. The fourth-order valence-electron chi connectivity index (χ4n) is 1.67. The molecule has 0 saturated carbocycles. The van der Waals surface area contributed by atoms with Gasteiger partial charge in [0.2, 0.25) is 0 Å². The Balaban J connectivity index is 0.00000162. The van der Waals surface area contributed by atoms with Gasteiger partial charge in [-0.1, -0.05) is 12.1 Å². The lowest BCUT2D eigenvalue weighted by molar-refractivity contribution is -0.137. The molecule has 0 aliphatic carbocycles. The summed E-state index contributed by atoms with van der Waals surface area (Å²) in [5, 5.41) is 9.09. The zero-order chi connectivity index (χ0) is 12.3. The van der Waals surface area contributed by atoms with Crippen molar-refractivity contribution < 1.29 is 9.90 Å². The molecule has 5 nitrogen and oxygen atoms in total. The molecule has 0 fully saturated rings. The number of aliphatic carboxylic acids is 1. The van der Waals surface area contributed by atoms with Crippen LogP contribution in [0.3, 0.4) is 0 Å². The van der Waals surface area contributed by atoms with Crippen molar-refractivity contribution in [2.24, 2.45) is 0 Å². The third kappa shape index (κ3) is 3.07. The number of benzene rings is 1. The molecule has 18 heavy (non-hydrogen) atoms. The van der Waals surface area contributed by atoms with Crippen molar-refractivity contribution in [3.63, 3.8) is 0 Å². The first-order valence-electron chi connectivity index (χ1n) is 5.34. The van der Waals surface area contributed by atoms with Gasteiger partial charge >= 0.3 is 5.97 Å². The molecule has 2 aromatic rings. The Morgan fingerprint density at radius 1 is 1.33 bits per heavy atom. The monoisotopic (exact) mass is 268 g/mol. The first-order valence-corrected chi connectivity index (χ1v) is 5.34. The summed E-state index contributed by atoms with van der Waals surface area (Å²) < 4.78 is 1.45. The molecule has 96 valence electrons. The molecule has 0 radical (unpaired) electrons. The zero-order valence-electron chi connectivity index (χ0n) is 9.57. The minimum Gasteiger partial charge on any atom is -0.481 e. The molecule has 0 aliphatic heterocycles. The lowest BCUT2D eigenvalue weighted by Crippen LogP contribution is -2.20. The van der Waals surface area contributed by atoms with Crippen LogP contribution < -0.4 is 5.56 Å². The third-order valence-electron chi connectivity index (χ3n) is 2.52. The van der Waals surface area contributed by atoms with Gasteiger partial charge in [-0.25, -0.2) is 4.98 Å². The van der Waals surface area contributed by atoms with Crippen molar-refractivity contribution in [3.8, 4) is 0 Å². The molecule has 0 unspecified atom stereocenters. The van der Waals surface area contributed by atoms with E-state index in [2.05, 4.69) is 4.98 Å². The summed E-state index contributed by atoms with van der Waals surface area (Å²) in [6.07, 6.45) is 1.95. The predicted molar refractivity (Wildman–Crippen MR) is 70.1 cm³/mol. The molecule has 0 saturated heterocycles. The van der Waals surface area contributed by atoms with Crippen LogP contribution in [0, 0.1) is 0 Å². The van der Waals surface area contributed by atoms with Gasteiger partial charge in [0.1, 0.15) is 0 Å². The van der Waals surface area contributed by atoms with E-state index in [1.54, 1.807) is 18.2 Å². The summed E-state index contributed by atoms with van der Waals surface area (Å²) in [5.74, 6) is -0.855. The number of fused-ring (bicyclic) bond motifs is 1. The summed E-state index contributed by atoms with van der Waals surface area (Å²) in [6.45, 7) is 0.378. The average molecular weight is 269 g/mol. The van der Waals surface area contributed by atoms with Gasteiger partial charge in [-0.3, -0.25) is 14.2 Å². The molecule has 0 bridgehead atoms. The van der Waals surface area contributed by atoms with E-state index in [0.29, 0.717) is 23.9 Å². The first kappa shape index (κ1) is 14.2. The maximum absolute atomic E-state index is 12.0. The van der Waals surface area contributed by atoms with E-state index in [9.17, 15) is 9.59 Å². The number of para-hydroxylation sites is 1. The highest BCUT2D eigenvalue weighted by Crippen LogP contribution is 2.05. The summed E-state index contributed by atoms with van der Waals surface area (Å²) in [6, 6.07) is 7.10. The van der Waals surface area contributed by atoms with Gasteiger partial charge in [0.15, 0.2) is 0 Å². The number of hydrogen-bond acceptors (Lipinski definition) is 3. The van der Waals surface area contributed by atoms with Crippen molar-refractivity contribution in [3.05, 3.63) is 40.9 Å². The van der Waals surface area contributed by atoms with E-state index in [0.717, 1.165) is 0 Å². The van der Waals surface area contributed by atoms with Crippen molar-refractivity contribution in [2.75, 3.05) is 0 Å². The van der Waals surface area contributed by atoms with E-state index >= 15 is 0 Å². The molecular formula is C12H13ClN2O3. The number of carbonyl (C=O) groups is 1. The van der Waals surface area contributed by atoms with E-state index in [4.69, 9.17) is 5.11 Å². The number of rotatable bonds is 4. The normalized spacial score (nSPS) is 10.0. The molecule has 2 rings (SSSR count). The molecule has 6 heteroatoms. The molecule has 0 spiro atoms. The fourth-order valence-corrected chi connectivity index (χ4v) is 1.67. The quantitative estimate of drug-likeness (QED) is 0.916. The Morgan fingerprint density at radius 2 is 2.06 bits per heavy atom. The minimum atomic E-state index is -0.855. The van der Waals surface area contributed by atoms with Crippen LogP contribution >= 0.6 is 12.4 Å². The second kappa shape index (κ2) is 6.16. The van der Waals surface area contributed by atoms with Crippen LogP contribution in [0.4, 0.5) is 0 Å². The van der Waals surface area contributed by atoms with E-state index in [-0.39, 0.29) is 24.4 Å². The molecule has 1 N–H and O–H groups in total. The van der Waals surface area contributed by atoms with Gasteiger partial charge < -0.3 is 5.11 Å². The highest BCUT2D eigenvalue weighted by Gasteiger charge is 2.03. The summed E-state index contributed by atoms with van der Waals surface area (Å²) in [4.78, 5) is 26.5. The van der Waals surface area contributed by atoms with Crippen molar-refractivity contribution >= 4 is 29.3 Å². The highest BCUT2D eigenvalue weighted by atomic mass is 35.5. The number of aryl methyl sites for hydroxylation is 1. The van der Waals surface area contributed by atoms with Crippen LogP contribution in [0.25, 0.3) is 10.9 Å². The van der Waals surface area contributed by atoms with E-state index in [1.165, 1.54) is 10.9 Å². The van der Waals surface area contributed by atoms with Crippen molar-refractivity contribution in [1.82, 2.24) is 9.55 Å². The zero-order valence-corrected chi connectivity index (χ0v) is 10.4. The number of aromatic nitrogens is 2. The second-order valence-electron chi connectivity index (χ2n) is 3.76. The maximum Gasteiger partial charge on any atom is 0.303 e. The van der Waals surface area contributed by atoms with Gasteiger partial charge in [0.25, 0.3) is 5.56 Å². The van der Waals surface area contributed by atoms with Gasteiger partial charge in [0.05, 0.1) is 17.2 Å². The molecule has 0 amide bonds. The fraction of sp³-hybridized carbons (Fsp3) is 0.250. The smallest absolute Gasteiger partial charge is 0.303 e. The Bertz CT molecular complexity index is 610. The molecular weight excluding hydrogens is 256 g/mol. The molecule has 0 aliphatic rings. The highest BCUT2D eigenvalue weighted by molar-refractivity contribution is 5.85. The topological polar surface area (TPSA) is 72.2 Å². The summed E-state index contributed by atoms with van der Waals surface area (Å²) >= 11 is 0. The SMILES string of the molecule is Cl.O=C(O)CCCn1cnc2ccccc2c1=O. The minimum absolute atomic E-state index is 0. The predicted octanol–water partition coefficient (Wildman–Crippen LogP) is 1.68. The van der Waals surface area contributed by atoms with Gasteiger partial charge in [-0.15, -0.1) is 12.4 Å². The van der Waals surface area contributed by atoms with E-state index < -0.39 is 5.97 Å². The number of carboxylic acids is 1. The van der Waals surface area contributed by atoms with Crippen LogP contribution in [0.5, 0.6) is 0 Å². The Kier molecular flexibility index (Phi) is 4.85. The van der Waals surface area contributed by atoms with Gasteiger partial charge in [0, 0.05) is 13.0 Å². The number of halogens is 1. The average Bonchev–Trinajstić information content (AvgIpc) is 2.32. The first-order chi connectivity index (χ1) is 8.18. The second-order valence-corrected chi connectivity index (χ2v) is 3.76. The van der Waals surface area contributed by atoms with Gasteiger partial charge in [-0.05, 0) is 18.6 Å². The van der Waals surface area contributed by atoms with E-state index in [1.807, 2.05) is 6.07 Å². The third-order valence-corrected chi connectivity index (χ3v) is 2.52. The molecule has 1 aromatic heterocycles. The van der Waals surface area contributed by atoms with Crippen LogP contribution in [0.1, 0.15) is 12.8 Å².